The minimum absolute atomic E-state index is 0.384. The molecule has 0 aliphatic rings. The van der Waals surface area contributed by atoms with E-state index >= 15 is 0 Å². The average Bonchev–Trinajstić information content (AvgIpc) is 2.37. The number of amides is 2. The highest BCUT2D eigenvalue weighted by Crippen LogP contribution is 2.30. The van der Waals surface area contributed by atoms with E-state index in [-0.39, 0.29) is 0 Å². The highest BCUT2D eigenvalue weighted by molar-refractivity contribution is 9.10. The molecule has 2 aromatic rings. The largest absolute Gasteiger partial charge is 0.323 e. The smallest absolute Gasteiger partial charge is 0.307 e. The number of para-hydroxylation sites is 2. The average molecular weight is 360 g/mol. The molecule has 19 heavy (non-hydrogen) atoms. The molecule has 98 valence electrons. The van der Waals surface area contributed by atoms with Crippen LogP contribution in [0.4, 0.5) is 16.2 Å². The molecule has 0 radical (unpaired) electrons. The second kappa shape index (κ2) is 6.28. The number of anilines is 2. The summed E-state index contributed by atoms with van der Waals surface area (Å²) < 4.78 is 0.787. The van der Waals surface area contributed by atoms with Crippen molar-refractivity contribution < 1.29 is 4.79 Å². The van der Waals surface area contributed by atoms with Crippen molar-refractivity contribution in [2.75, 3.05) is 10.6 Å². The van der Waals surface area contributed by atoms with Gasteiger partial charge in [0.15, 0.2) is 0 Å². The molecule has 0 spiro atoms. The van der Waals surface area contributed by atoms with Crippen molar-refractivity contribution in [3.63, 3.8) is 0 Å². The molecular formula is C13H9BrCl2N2O. The molecule has 0 heterocycles. The van der Waals surface area contributed by atoms with E-state index in [0.29, 0.717) is 21.4 Å². The summed E-state index contributed by atoms with van der Waals surface area (Å²) in [5.41, 5.74) is 1.04. The Balaban J connectivity index is 2.12. The van der Waals surface area contributed by atoms with Gasteiger partial charge in [0.05, 0.1) is 21.4 Å². The zero-order chi connectivity index (χ0) is 13.8. The van der Waals surface area contributed by atoms with Crippen LogP contribution in [0.15, 0.2) is 46.9 Å². The summed E-state index contributed by atoms with van der Waals surface area (Å²) in [7, 11) is 0. The van der Waals surface area contributed by atoms with Gasteiger partial charge in [-0.3, -0.25) is 0 Å². The fraction of sp³-hybridized carbons (Fsp3) is 0. The van der Waals surface area contributed by atoms with Crippen LogP contribution in [0.1, 0.15) is 0 Å². The van der Waals surface area contributed by atoms with Crippen molar-refractivity contribution in [1.29, 1.82) is 0 Å². The lowest BCUT2D eigenvalue weighted by Gasteiger charge is -2.11. The minimum Gasteiger partial charge on any atom is -0.307 e. The van der Waals surface area contributed by atoms with Gasteiger partial charge in [-0.1, -0.05) is 41.4 Å². The molecule has 3 nitrogen and oxygen atoms in total. The first-order valence-electron chi connectivity index (χ1n) is 5.34. The summed E-state index contributed by atoms with van der Waals surface area (Å²) in [4.78, 5) is 11.9. The molecule has 2 rings (SSSR count). The number of halogens is 3. The number of hydrogen-bond donors (Lipinski definition) is 2. The second-order valence-electron chi connectivity index (χ2n) is 3.66. The summed E-state index contributed by atoms with van der Waals surface area (Å²) >= 11 is 15.3. The zero-order valence-corrected chi connectivity index (χ0v) is 12.7. The van der Waals surface area contributed by atoms with Crippen molar-refractivity contribution in [3.8, 4) is 0 Å². The zero-order valence-electron chi connectivity index (χ0n) is 9.58. The summed E-state index contributed by atoms with van der Waals surface area (Å²) in [6.45, 7) is 0. The fourth-order valence-corrected chi connectivity index (χ4v) is 2.32. The summed E-state index contributed by atoms with van der Waals surface area (Å²) in [6.07, 6.45) is 0. The van der Waals surface area contributed by atoms with Crippen LogP contribution in [0.2, 0.25) is 10.0 Å². The number of carbonyl (C=O) groups excluding carboxylic acids is 1. The van der Waals surface area contributed by atoms with Crippen LogP contribution >= 0.6 is 39.1 Å². The summed E-state index contributed by atoms with van der Waals surface area (Å²) in [6, 6.07) is 11.9. The van der Waals surface area contributed by atoms with Crippen LogP contribution in [-0.2, 0) is 0 Å². The number of hydrogen-bond acceptors (Lipinski definition) is 1. The minimum atomic E-state index is -0.415. The molecule has 2 N–H and O–H groups in total. The molecular weight excluding hydrogens is 351 g/mol. The molecule has 6 heteroatoms. The van der Waals surface area contributed by atoms with Gasteiger partial charge in [-0.2, -0.15) is 0 Å². The molecule has 0 bridgehead atoms. The van der Waals surface area contributed by atoms with Gasteiger partial charge in [-0.15, -0.1) is 0 Å². The quantitative estimate of drug-likeness (QED) is 0.740. The number of nitrogens with one attached hydrogen (secondary N) is 2. The fourth-order valence-electron chi connectivity index (χ4n) is 1.45. The monoisotopic (exact) mass is 358 g/mol. The lowest BCUT2D eigenvalue weighted by Crippen LogP contribution is -2.20. The van der Waals surface area contributed by atoms with E-state index in [1.807, 2.05) is 18.2 Å². The van der Waals surface area contributed by atoms with Gasteiger partial charge in [-0.25, -0.2) is 4.79 Å². The van der Waals surface area contributed by atoms with E-state index in [9.17, 15) is 4.79 Å². The number of rotatable bonds is 2. The van der Waals surface area contributed by atoms with Gasteiger partial charge in [-0.05, 0) is 40.2 Å². The van der Waals surface area contributed by atoms with Crippen molar-refractivity contribution in [2.45, 2.75) is 0 Å². The molecule has 0 aliphatic carbocycles. The normalized spacial score (nSPS) is 10.1. The van der Waals surface area contributed by atoms with E-state index in [4.69, 9.17) is 23.2 Å². The topological polar surface area (TPSA) is 41.1 Å². The van der Waals surface area contributed by atoms with Crippen molar-refractivity contribution >= 4 is 56.5 Å². The molecule has 0 aromatic heterocycles. The molecule has 0 atom stereocenters. The Morgan fingerprint density at radius 2 is 1.58 bits per heavy atom. The van der Waals surface area contributed by atoms with Crippen molar-refractivity contribution in [3.05, 3.63) is 57.0 Å². The highest BCUT2D eigenvalue weighted by Gasteiger charge is 2.10. The van der Waals surface area contributed by atoms with Crippen LogP contribution in [0, 0.1) is 0 Å². The molecule has 0 unspecified atom stereocenters. The Hall–Kier alpha value is -1.23. The third kappa shape index (κ3) is 3.62. The van der Waals surface area contributed by atoms with Crippen LogP contribution in [0.5, 0.6) is 0 Å². The van der Waals surface area contributed by atoms with E-state index in [1.165, 1.54) is 0 Å². The molecule has 0 saturated carbocycles. The SMILES string of the molecule is O=C(Nc1ccccc1Br)Nc1c(Cl)cccc1Cl. The van der Waals surface area contributed by atoms with Gasteiger partial charge in [0.2, 0.25) is 0 Å². The lowest BCUT2D eigenvalue weighted by molar-refractivity contribution is 0.262. The second-order valence-corrected chi connectivity index (χ2v) is 5.32. The first-order valence-corrected chi connectivity index (χ1v) is 6.89. The summed E-state index contributed by atoms with van der Waals surface area (Å²) in [5.74, 6) is 0. The Bertz CT molecular complexity index is 599. The Labute approximate surface area is 129 Å². The Morgan fingerprint density at radius 1 is 0.947 bits per heavy atom. The van der Waals surface area contributed by atoms with E-state index in [1.54, 1.807) is 24.3 Å². The van der Waals surface area contributed by atoms with E-state index in [0.717, 1.165) is 4.47 Å². The van der Waals surface area contributed by atoms with E-state index in [2.05, 4.69) is 26.6 Å². The highest BCUT2D eigenvalue weighted by atomic mass is 79.9. The van der Waals surface area contributed by atoms with Crippen molar-refractivity contribution in [2.24, 2.45) is 0 Å². The third-order valence-electron chi connectivity index (χ3n) is 2.32. The molecule has 0 fully saturated rings. The molecule has 0 saturated heterocycles. The molecule has 2 amide bonds. The van der Waals surface area contributed by atoms with Gasteiger partial charge in [0.25, 0.3) is 0 Å². The van der Waals surface area contributed by atoms with Crippen LogP contribution in [0.25, 0.3) is 0 Å². The molecule has 0 aliphatic heterocycles. The van der Waals surface area contributed by atoms with Gasteiger partial charge >= 0.3 is 6.03 Å². The Morgan fingerprint density at radius 3 is 2.21 bits per heavy atom. The maximum Gasteiger partial charge on any atom is 0.323 e. The van der Waals surface area contributed by atoms with E-state index < -0.39 is 6.03 Å². The predicted molar refractivity (Wildman–Crippen MR) is 83.2 cm³/mol. The first-order chi connectivity index (χ1) is 9.08. The summed E-state index contributed by atoms with van der Waals surface area (Å²) in [5, 5.41) is 6.09. The standard InChI is InChI=1S/C13H9BrCl2N2O/c14-8-4-1-2-7-11(8)17-13(19)18-12-9(15)5-3-6-10(12)16/h1-7H,(H2,17,18,19). The predicted octanol–water partition coefficient (Wildman–Crippen LogP) is 5.40. The Kier molecular flexibility index (Phi) is 4.69. The van der Waals surface area contributed by atoms with Crippen LogP contribution < -0.4 is 10.6 Å². The molecule has 2 aromatic carbocycles. The van der Waals surface area contributed by atoms with Crippen LogP contribution in [-0.4, -0.2) is 6.03 Å². The number of urea groups is 1. The lowest BCUT2D eigenvalue weighted by atomic mass is 10.3. The first kappa shape index (κ1) is 14.2. The number of benzene rings is 2. The third-order valence-corrected chi connectivity index (χ3v) is 3.64. The van der Waals surface area contributed by atoms with Crippen LogP contribution in [0.3, 0.4) is 0 Å². The maximum absolute atomic E-state index is 11.9. The van der Waals surface area contributed by atoms with Gasteiger partial charge in [0, 0.05) is 4.47 Å². The van der Waals surface area contributed by atoms with Gasteiger partial charge in [0.1, 0.15) is 0 Å². The number of carbonyl (C=O) groups is 1. The maximum atomic E-state index is 11.9. The van der Waals surface area contributed by atoms with Crippen molar-refractivity contribution in [1.82, 2.24) is 0 Å². The van der Waals surface area contributed by atoms with Gasteiger partial charge < -0.3 is 10.6 Å².